The van der Waals surface area contributed by atoms with Gasteiger partial charge < -0.3 is 15.1 Å². The van der Waals surface area contributed by atoms with Crippen molar-refractivity contribution in [1.29, 1.82) is 0 Å². The van der Waals surface area contributed by atoms with E-state index in [-0.39, 0.29) is 12.8 Å². The molecule has 3 rings (SSSR count). The van der Waals surface area contributed by atoms with Crippen molar-refractivity contribution in [2.45, 2.75) is 19.4 Å². The quantitative estimate of drug-likeness (QED) is 0.720. The number of carbonyl (C=O) groups is 2. The minimum absolute atomic E-state index is 0.0669. The van der Waals surface area contributed by atoms with Crippen molar-refractivity contribution in [1.82, 2.24) is 4.90 Å². The summed E-state index contributed by atoms with van der Waals surface area (Å²) in [6.07, 6.45) is 2.24. The van der Waals surface area contributed by atoms with Gasteiger partial charge in [-0.25, -0.2) is 0 Å². The van der Waals surface area contributed by atoms with Crippen molar-refractivity contribution in [2.24, 2.45) is 0 Å². The third-order valence-corrected chi connectivity index (χ3v) is 6.12. The Balaban J connectivity index is 1.92. The van der Waals surface area contributed by atoms with Crippen LogP contribution in [0.1, 0.15) is 17.8 Å². The van der Waals surface area contributed by atoms with Gasteiger partial charge in [0.2, 0.25) is 5.52 Å². The summed E-state index contributed by atoms with van der Waals surface area (Å²) in [6, 6.07) is 7.95. The molecule has 0 unspecified atom stereocenters. The zero-order valence-electron chi connectivity index (χ0n) is 13.6. The number of hydrogen-bond donors (Lipinski definition) is 2. The van der Waals surface area contributed by atoms with E-state index >= 15 is 0 Å². The molecule has 1 saturated heterocycles. The molecule has 0 bridgehead atoms. The molecule has 2 aromatic rings. The van der Waals surface area contributed by atoms with Crippen LogP contribution in [0.3, 0.4) is 0 Å². The van der Waals surface area contributed by atoms with Gasteiger partial charge in [0.25, 0.3) is 5.01 Å². The normalized spacial score (nSPS) is 16.0. The van der Waals surface area contributed by atoms with E-state index in [9.17, 15) is 9.59 Å². The van der Waals surface area contributed by atoms with Crippen LogP contribution in [0.4, 0.5) is 0 Å². The first-order valence-electron chi connectivity index (χ1n) is 7.99. The molecule has 0 atom stereocenters. The number of rotatable bonds is 7. The van der Waals surface area contributed by atoms with E-state index in [1.165, 1.54) is 0 Å². The molecular weight excluding hydrogens is 360 g/mol. The van der Waals surface area contributed by atoms with E-state index in [1.807, 2.05) is 28.8 Å². The topological polar surface area (TPSA) is 81.7 Å². The van der Waals surface area contributed by atoms with Gasteiger partial charge in [0.15, 0.2) is 6.54 Å². The van der Waals surface area contributed by atoms with Gasteiger partial charge >= 0.3 is 11.9 Å². The first-order chi connectivity index (χ1) is 12.0. The lowest BCUT2D eigenvalue weighted by Gasteiger charge is -2.16. The van der Waals surface area contributed by atoms with E-state index in [0.29, 0.717) is 13.1 Å². The molecule has 0 spiro atoms. The summed E-state index contributed by atoms with van der Waals surface area (Å²) in [5, 5.41) is 20.0. The van der Waals surface area contributed by atoms with Crippen molar-refractivity contribution in [3.63, 3.8) is 0 Å². The Hall–Kier alpha value is -2.06. The minimum atomic E-state index is -0.820. The number of carboxylic acids is 2. The van der Waals surface area contributed by atoms with E-state index in [2.05, 4.69) is 11.0 Å². The molecule has 1 aromatic carbocycles. The summed E-state index contributed by atoms with van der Waals surface area (Å²) >= 11 is 3.34. The molecule has 8 heteroatoms. The fourth-order valence-electron chi connectivity index (χ4n) is 2.75. The Kier molecular flexibility index (Phi) is 5.60. The number of aromatic nitrogens is 1. The van der Waals surface area contributed by atoms with E-state index in [1.54, 1.807) is 23.1 Å². The van der Waals surface area contributed by atoms with Gasteiger partial charge in [0.1, 0.15) is 11.1 Å². The summed E-state index contributed by atoms with van der Waals surface area (Å²) < 4.78 is 3.15. The molecule has 0 radical (unpaired) electrons. The summed E-state index contributed by atoms with van der Waals surface area (Å²) in [7, 11) is 0. The third kappa shape index (κ3) is 4.32. The summed E-state index contributed by atoms with van der Waals surface area (Å²) in [5.74, 6) is -0.680. The van der Waals surface area contributed by atoms with Crippen LogP contribution in [0.2, 0.25) is 0 Å². The number of thioether (sulfide) groups is 1. The van der Waals surface area contributed by atoms with Gasteiger partial charge in [0.05, 0.1) is 17.5 Å². The molecule has 0 amide bonds. The molecule has 2 heterocycles. The number of thiazole rings is 1. The highest BCUT2D eigenvalue weighted by molar-refractivity contribution is 8.03. The predicted octanol–water partition coefficient (Wildman–Crippen LogP) is 2.49. The smallest absolute Gasteiger partial charge is 0.309 e. The lowest BCUT2D eigenvalue weighted by molar-refractivity contribution is -0.667. The minimum Gasteiger partial charge on any atom is -0.481 e. The number of hydrogen-bond acceptors (Lipinski definition) is 5. The largest absolute Gasteiger partial charge is 0.481 e. The summed E-state index contributed by atoms with van der Waals surface area (Å²) in [6.45, 7) is 1.75. The molecular formula is C17H19N2O4S2+. The molecule has 6 nitrogen and oxygen atoms in total. The molecule has 2 N–H and O–H groups in total. The second-order valence-electron chi connectivity index (χ2n) is 5.67. The number of benzene rings is 1. The maximum absolute atomic E-state index is 11.0. The lowest BCUT2D eigenvalue weighted by Crippen LogP contribution is -2.36. The summed E-state index contributed by atoms with van der Waals surface area (Å²) in [4.78, 5) is 23.9. The van der Waals surface area contributed by atoms with Crippen LogP contribution < -0.4 is 4.57 Å². The average Bonchev–Trinajstić information content (AvgIpc) is 3.15. The molecule has 0 aliphatic carbocycles. The number of aryl methyl sites for hydroxylation is 1. The Morgan fingerprint density at radius 2 is 1.96 bits per heavy atom. The second kappa shape index (κ2) is 7.88. The van der Waals surface area contributed by atoms with Crippen molar-refractivity contribution in [3.8, 4) is 0 Å². The number of nitrogens with zero attached hydrogens (tertiary/aromatic N) is 2. The van der Waals surface area contributed by atoms with Crippen LogP contribution in [0.5, 0.6) is 0 Å². The molecule has 1 aliphatic rings. The molecule has 1 aromatic heterocycles. The van der Waals surface area contributed by atoms with Gasteiger partial charge in [-0.15, -0.1) is 11.8 Å². The van der Waals surface area contributed by atoms with E-state index in [0.717, 1.165) is 32.6 Å². The number of carboxylic acid groups (broad SMARTS) is 2. The van der Waals surface area contributed by atoms with Crippen LogP contribution >= 0.6 is 23.1 Å². The highest BCUT2D eigenvalue weighted by Crippen LogP contribution is 2.31. The van der Waals surface area contributed by atoms with Crippen molar-refractivity contribution < 1.29 is 24.4 Å². The highest BCUT2D eigenvalue weighted by Gasteiger charge is 2.24. The first kappa shape index (κ1) is 17.8. The fraction of sp³-hybridized carbons (Fsp3) is 0.353. The van der Waals surface area contributed by atoms with Crippen LogP contribution in [-0.4, -0.2) is 45.9 Å². The SMILES string of the molecule is O=C(O)CCN1CCSC1=Cc1sc2ccccc2[n+]1CCC(=O)O. The molecule has 0 saturated carbocycles. The van der Waals surface area contributed by atoms with Crippen molar-refractivity contribution >= 4 is 51.3 Å². The molecule has 1 aliphatic heterocycles. The zero-order valence-corrected chi connectivity index (χ0v) is 15.2. The van der Waals surface area contributed by atoms with Crippen LogP contribution in [-0.2, 0) is 16.1 Å². The Morgan fingerprint density at radius 3 is 2.72 bits per heavy atom. The maximum Gasteiger partial charge on any atom is 0.309 e. The van der Waals surface area contributed by atoms with Crippen molar-refractivity contribution in [3.05, 3.63) is 34.3 Å². The molecule has 132 valence electrons. The lowest BCUT2D eigenvalue weighted by atomic mass is 10.3. The van der Waals surface area contributed by atoms with Crippen LogP contribution in [0.15, 0.2) is 29.3 Å². The third-order valence-electron chi connectivity index (χ3n) is 3.95. The number of aliphatic carboxylic acids is 2. The maximum atomic E-state index is 11.0. The van der Waals surface area contributed by atoms with Gasteiger partial charge in [-0.3, -0.25) is 9.59 Å². The number of para-hydroxylation sites is 1. The van der Waals surface area contributed by atoms with E-state index < -0.39 is 11.9 Å². The van der Waals surface area contributed by atoms with E-state index in [4.69, 9.17) is 10.2 Å². The Morgan fingerprint density at radius 1 is 1.20 bits per heavy atom. The molecule has 25 heavy (non-hydrogen) atoms. The highest BCUT2D eigenvalue weighted by atomic mass is 32.2. The monoisotopic (exact) mass is 379 g/mol. The van der Waals surface area contributed by atoms with Gasteiger partial charge in [0, 0.05) is 24.9 Å². The predicted molar refractivity (Wildman–Crippen MR) is 98.5 cm³/mol. The zero-order chi connectivity index (χ0) is 17.8. The number of fused-ring (bicyclic) bond motifs is 1. The van der Waals surface area contributed by atoms with Crippen molar-refractivity contribution in [2.75, 3.05) is 18.8 Å². The van der Waals surface area contributed by atoms with Gasteiger partial charge in [-0.05, 0) is 6.07 Å². The average molecular weight is 379 g/mol. The van der Waals surface area contributed by atoms with Gasteiger partial charge in [-0.2, -0.15) is 4.57 Å². The Bertz CT molecular complexity index is 831. The fourth-order valence-corrected chi connectivity index (χ4v) is 5.03. The van der Waals surface area contributed by atoms with Gasteiger partial charge in [-0.1, -0.05) is 23.5 Å². The first-order valence-corrected chi connectivity index (χ1v) is 9.79. The standard InChI is InChI=1S/C17H18N2O4S2/c20-16(21)5-7-18-9-10-24-14(18)11-15-19(8-6-17(22)23)12-3-1-2-4-13(12)25-15/h1-4,11H,5-10H2,(H-,20,21,22,23)/p+1. The van der Waals surface area contributed by atoms with Crippen LogP contribution in [0.25, 0.3) is 16.3 Å². The van der Waals surface area contributed by atoms with Crippen LogP contribution in [0, 0.1) is 0 Å². The summed E-state index contributed by atoms with van der Waals surface area (Å²) in [5.41, 5.74) is 1.03. The molecule has 1 fully saturated rings. The second-order valence-corrected chi connectivity index (χ2v) is 7.84. The Labute approximate surface area is 153 Å².